The van der Waals surface area contributed by atoms with Crippen molar-refractivity contribution in [3.05, 3.63) is 24.3 Å². The maximum atomic E-state index is 11.5. The average Bonchev–Trinajstić information content (AvgIpc) is 2.29. The van der Waals surface area contributed by atoms with E-state index in [1.54, 1.807) is 6.07 Å². The van der Waals surface area contributed by atoms with Gasteiger partial charge in [-0.2, -0.15) is 0 Å². The molecular weight excluding hydrogens is 204 g/mol. The van der Waals surface area contributed by atoms with Crippen molar-refractivity contribution < 1.29 is 9.53 Å². The second kappa shape index (κ2) is 6.12. The van der Waals surface area contributed by atoms with E-state index in [4.69, 9.17) is 10.5 Å². The first-order valence-electron chi connectivity index (χ1n) is 5.46. The number of carbonyl (C=O) groups excluding carboxylic acids is 1. The van der Waals surface area contributed by atoms with Gasteiger partial charge in [-0.15, -0.1) is 0 Å². The zero-order valence-electron chi connectivity index (χ0n) is 9.69. The summed E-state index contributed by atoms with van der Waals surface area (Å²) in [5, 5.41) is 2.75. The summed E-state index contributed by atoms with van der Waals surface area (Å²) in [6, 6.07) is 6.81. The van der Waals surface area contributed by atoms with Crippen LogP contribution in [0, 0.1) is 0 Å². The van der Waals surface area contributed by atoms with Gasteiger partial charge < -0.3 is 15.8 Å². The lowest BCUT2D eigenvalue weighted by atomic mass is 10.2. The molecule has 3 N–H and O–H groups in total. The first-order valence-corrected chi connectivity index (χ1v) is 5.46. The van der Waals surface area contributed by atoms with Gasteiger partial charge in [0.25, 0.3) is 0 Å². The summed E-state index contributed by atoms with van der Waals surface area (Å²) in [6.07, 6.45) is 0.622. The average molecular weight is 222 g/mol. The summed E-state index contributed by atoms with van der Waals surface area (Å²) in [6.45, 7) is 4.39. The van der Waals surface area contributed by atoms with Crippen molar-refractivity contribution in [2.45, 2.75) is 26.3 Å². The molecule has 0 aliphatic rings. The van der Waals surface area contributed by atoms with Crippen molar-refractivity contribution in [3.63, 3.8) is 0 Å². The number of benzene rings is 1. The fourth-order valence-corrected chi connectivity index (χ4v) is 1.25. The molecule has 0 radical (unpaired) electrons. The van der Waals surface area contributed by atoms with Crippen molar-refractivity contribution in [1.82, 2.24) is 0 Å². The third-order valence-corrected chi connectivity index (χ3v) is 2.19. The van der Waals surface area contributed by atoms with E-state index in [1.807, 2.05) is 32.0 Å². The predicted octanol–water partition coefficient (Wildman–Crippen LogP) is 1.76. The zero-order valence-corrected chi connectivity index (χ0v) is 9.69. The van der Waals surface area contributed by atoms with E-state index in [1.165, 1.54) is 0 Å². The van der Waals surface area contributed by atoms with E-state index in [0.717, 1.165) is 5.75 Å². The molecule has 0 saturated heterocycles. The molecule has 4 heteroatoms. The van der Waals surface area contributed by atoms with Crippen LogP contribution in [0.15, 0.2) is 24.3 Å². The van der Waals surface area contributed by atoms with E-state index in [9.17, 15) is 4.79 Å². The number of hydrogen-bond donors (Lipinski definition) is 2. The van der Waals surface area contributed by atoms with Gasteiger partial charge in [-0.1, -0.05) is 13.0 Å². The number of nitrogens with one attached hydrogen (secondary N) is 1. The minimum atomic E-state index is -0.462. The Bertz CT molecular complexity index is 353. The predicted molar refractivity (Wildman–Crippen MR) is 64.5 cm³/mol. The lowest BCUT2D eigenvalue weighted by Gasteiger charge is -2.11. The molecule has 0 unspecified atom stereocenters. The molecule has 1 amide bonds. The van der Waals surface area contributed by atoms with E-state index in [0.29, 0.717) is 18.7 Å². The van der Waals surface area contributed by atoms with Gasteiger partial charge in [-0.25, -0.2) is 0 Å². The number of rotatable bonds is 5. The lowest BCUT2D eigenvalue weighted by Crippen LogP contribution is -2.34. The summed E-state index contributed by atoms with van der Waals surface area (Å²) in [4.78, 5) is 11.5. The van der Waals surface area contributed by atoms with Crippen molar-refractivity contribution in [2.75, 3.05) is 11.9 Å². The van der Waals surface area contributed by atoms with Gasteiger partial charge in [0.2, 0.25) is 5.91 Å². The Morgan fingerprint density at radius 1 is 1.50 bits per heavy atom. The molecule has 0 aliphatic carbocycles. The Morgan fingerprint density at radius 2 is 2.25 bits per heavy atom. The molecule has 1 atom stereocenters. The van der Waals surface area contributed by atoms with Gasteiger partial charge >= 0.3 is 0 Å². The molecule has 88 valence electrons. The number of nitrogens with two attached hydrogens (primary N) is 1. The summed E-state index contributed by atoms with van der Waals surface area (Å²) >= 11 is 0. The number of hydrogen-bond acceptors (Lipinski definition) is 3. The van der Waals surface area contributed by atoms with Crippen LogP contribution in [0.5, 0.6) is 5.75 Å². The Morgan fingerprint density at radius 3 is 2.88 bits per heavy atom. The minimum absolute atomic E-state index is 0.170. The van der Waals surface area contributed by atoms with Crippen molar-refractivity contribution in [3.8, 4) is 5.75 Å². The Kier molecular flexibility index (Phi) is 4.79. The molecule has 0 aromatic heterocycles. The van der Waals surface area contributed by atoms with Crippen LogP contribution in [-0.4, -0.2) is 18.6 Å². The Balaban J connectivity index is 2.66. The molecular formula is C12H18N2O2. The Hall–Kier alpha value is -1.55. The smallest absolute Gasteiger partial charge is 0.241 e. The van der Waals surface area contributed by atoms with Gasteiger partial charge in [0.1, 0.15) is 5.75 Å². The minimum Gasteiger partial charge on any atom is -0.494 e. The fourth-order valence-electron chi connectivity index (χ4n) is 1.25. The van der Waals surface area contributed by atoms with E-state index >= 15 is 0 Å². The standard InChI is InChI=1S/C12H18N2O2/c1-3-11(13)12(15)14-9-6-5-7-10(8-9)16-4-2/h5-8,11H,3-4,13H2,1-2H3,(H,14,15)/t11-/m1/s1. The molecule has 1 aromatic carbocycles. The van der Waals surface area contributed by atoms with Gasteiger partial charge in [0.05, 0.1) is 12.6 Å². The van der Waals surface area contributed by atoms with Crippen molar-refractivity contribution >= 4 is 11.6 Å². The molecule has 0 bridgehead atoms. The van der Waals surface area contributed by atoms with Gasteiger partial charge in [-0.05, 0) is 25.5 Å². The van der Waals surface area contributed by atoms with Crippen LogP contribution in [-0.2, 0) is 4.79 Å². The van der Waals surface area contributed by atoms with Crippen molar-refractivity contribution in [2.24, 2.45) is 5.73 Å². The fraction of sp³-hybridized carbons (Fsp3) is 0.417. The van der Waals surface area contributed by atoms with Crippen molar-refractivity contribution in [1.29, 1.82) is 0 Å². The second-order valence-electron chi connectivity index (χ2n) is 3.46. The van der Waals surface area contributed by atoms with Gasteiger partial charge in [-0.3, -0.25) is 4.79 Å². The lowest BCUT2D eigenvalue weighted by molar-refractivity contribution is -0.117. The van der Waals surface area contributed by atoms with Crippen LogP contribution < -0.4 is 15.8 Å². The molecule has 0 aliphatic heterocycles. The molecule has 16 heavy (non-hydrogen) atoms. The van der Waals surface area contributed by atoms with E-state index < -0.39 is 6.04 Å². The third kappa shape index (κ3) is 3.55. The first kappa shape index (κ1) is 12.5. The molecule has 0 fully saturated rings. The van der Waals surface area contributed by atoms with Crippen LogP contribution >= 0.6 is 0 Å². The van der Waals surface area contributed by atoms with Crippen LogP contribution in [0.1, 0.15) is 20.3 Å². The van der Waals surface area contributed by atoms with Gasteiger partial charge in [0, 0.05) is 11.8 Å². The van der Waals surface area contributed by atoms with Crippen LogP contribution in [0.25, 0.3) is 0 Å². The number of carbonyl (C=O) groups is 1. The van der Waals surface area contributed by atoms with Crippen LogP contribution in [0.2, 0.25) is 0 Å². The van der Waals surface area contributed by atoms with Crippen LogP contribution in [0.4, 0.5) is 5.69 Å². The second-order valence-corrected chi connectivity index (χ2v) is 3.46. The zero-order chi connectivity index (χ0) is 12.0. The number of ether oxygens (including phenoxy) is 1. The first-order chi connectivity index (χ1) is 7.67. The molecule has 0 spiro atoms. The largest absolute Gasteiger partial charge is 0.494 e. The van der Waals surface area contributed by atoms with Crippen LogP contribution in [0.3, 0.4) is 0 Å². The molecule has 1 rings (SSSR count). The molecule has 4 nitrogen and oxygen atoms in total. The summed E-state index contributed by atoms with van der Waals surface area (Å²) in [5.41, 5.74) is 6.33. The van der Waals surface area contributed by atoms with E-state index in [2.05, 4.69) is 5.32 Å². The summed E-state index contributed by atoms with van der Waals surface area (Å²) in [5.74, 6) is 0.571. The molecule has 0 heterocycles. The number of anilines is 1. The third-order valence-electron chi connectivity index (χ3n) is 2.19. The quantitative estimate of drug-likeness (QED) is 0.798. The highest BCUT2D eigenvalue weighted by molar-refractivity contribution is 5.94. The highest BCUT2D eigenvalue weighted by Crippen LogP contribution is 2.17. The summed E-state index contributed by atoms with van der Waals surface area (Å²) in [7, 11) is 0. The number of amides is 1. The maximum Gasteiger partial charge on any atom is 0.241 e. The highest BCUT2D eigenvalue weighted by atomic mass is 16.5. The SMILES string of the molecule is CCOc1cccc(NC(=O)[C@H](N)CC)c1. The topological polar surface area (TPSA) is 64.3 Å². The molecule has 0 saturated carbocycles. The Labute approximate surface area is 95.8 Å². The normalized spacial score (nSPS) is 11.9. The van der Waals surface area contributed by atoms with Gasteiger partial charge in [0.15, 0.2) is 0 Å². The highest BCUT2D eigenvalue weighted by Gasteiger charge is 2.10. The monoisotopic (exact) mass is 222 g/mol. The van der Waals surface area contributed by atoms with E-state index in [-0.39, 0.29) is 5.91 Å². The summed E-state index contributed by atoms with van der Waals surface area (Å²) < 4.78 is 5.33. The maximum absolute atomic E-state index is 11.5. The molecule has 1 aromatic rings.